The fourth-order valence-corrected chi connectivity index (χ4v) is 4.86. The molecular weight excluding hydrogens is 456 g/mol. The Bertz CT molecular complexity index is 1220. The molecule has 1 aliphatic heterocycles. The lowest BCUT2D eigenvalue weighted by Crippen LogP contribution is -2.28. The molecular formula is C21H18N2O7S2. The number of hydrogen-bond acceptors (Lipinski definition) is 8. The molecule has 2 aromatic carbocycles. The van der Waals surface area contributed by atoms with Crippen molar-refractivity contribution in [3.05, 3.63) is 71.1 Å². The van der Waals surface area contributed by atoms with E-state index in [0.29, 0.717) is 17.2 Å². The summed E-state index contributed by atoms with van der Waals surface area (Å²) in [6.07, 6.45) is 0. The largest absolute Gasteiger partial charge is 0.454 e. The van der Waals surface area contributed by atoms with Crippen LogP contribution in [0.25, 0.3) is 0 Å². The van der Waals surface area contributed by atoms with Crippen molar-refractivity contribution < 1.29 is 32.2 Å². The molecule has 0 spiro atoms. The van der Waals surface area contributed by atoms with Crippen molar-refractivity contribution in [1.82, 2.24) is 5.32 Å². The molecule has 11 heteroatoms. The number of carbonyl (C=O) groups excluding carboxylic acids is 2. The van der Waals surface area contributed by atoms with Gasteiger partial charge in [0.2, 0.25) is 6.79 Å². The Balaban J connectivity index is 1.25. The van der Waals surface area contributed by atoms with Gasteiger partial charge in [-0.15, -0.1) is 11.3 Å². The summed E-state index contributed by atoms with van der Waals surface area (Å²) in [6.45, 7) is -0.0369. The van der Waals surface area contributed by atoms with Crippen LogP contribution in [0.2, 0.25) is 0 Å². The maximum atomic E-state index is 12.2. The normalized spacial score (nSPS) is 12.2. The van der Waals surface area contributed by atoms with E-state index in [0.717, 1.165) is 16.9 Å². The lowest BCUT2D eigenvalue weighted by atomic mass is 10.2. The monoisotopic (exact) mass is 474 g/mol. The number of rotatable bonds is 8. The molecule has 0 bridgehead atoms. The Morgan fingerprint density at radius 1 is 1.03 bits per heavy atom. The number of fused-ring (bicyclic) bond motifs is 1. The van der Waals surface area contributed by atoms with E-state index in [-0.39, 0.29) is 23.1 Å². The summed E-state index contributed by atoms with van der Waals surface area (Å²) in [4.78, 5) is 24.2. The summed E-state index contributed by atoms with van der Waals surface area (Å²) in [5.41, 5.74) is 1.30. The van der Waals surface area contributed by atoms with Gasteiger partial charge in [0.1, 0.15) is 4.21 Å². The number of sulfonamides is 1. The van der Waals surface area contributed by atoms with Crippen molar-refractivity contribution in [2.75, 3.05) is 18.1 Å². The SMILES string of the molecule is O=C(COC(=O)c1ccc(NS(=O)(=O)c2cccs2)cc1)NCc1ccc2c(c1)OCO2. The van der Waals surface area contributed by atoms with Crippen LogP contribution in [0.4, 0.5) is 5.69 Å². The van der Waals surface area contributed by atoms with Crippen molar-refractivity contribution in [3.8, 4) is 11.5 Å². The highest BCUT2D eigenvalue weighted by Gasteiger charge is 2.16. The van der Waals surface area contributed by atoms with E-state index in [1.165, 1.54) is 30.3 Å². The molecule has 0 fully saturated rings. The van der Waals surface area contributed by atoms with Crippen molar-refractivity contribution in [3.63, 3.8) is 0 Å². The maximum Gasteiger partial charge on any atom is 0.338 e. The zero-order chi connectivity index (χ0) is 22.6. The molecule has 166 valence electrons. The average Bonchev–Trinajstić information content (AvgIpc) is 3.48. The smallest absolute Gasteiger partial charge is 0.338 e. The molecule has 0 unspecified atom stereocenters. The summed E-state index contributed by atoms with van der Waals surface area (Å²) in [6, 6.07) is 14.2. The molecule has 0 saturated carbocycles. The molecule has 1 amide bonds. The summed E-state index contributed by atoms with van der Waals surface area (Å²) < 4.78 is 42.6. The van der Waals surface area contributed by atoms with Gasteiger partial charge >= 0.3 is 5.97 Å². The molecule has 9 nitrogen and oxygen atoms in total. The predicted molar refractivity (Wildman–Crippen MR) is 116 cm³/mol. The van der Waals surface area contributed by atoms with Gasteiger partial charge in [0, 0.05) is 12.2 Å². The van der Waals surface area contributed by atoms with E-state index in [2.05, 4.69) is 10.0 Å². The Morgan fingerprint density at radius 2 is 1.81 bits per heavy atom. The number of carbonyl (C=O) groups is 2. The predicted octanol–water partition coefficient (Wildman–Crippen LogP) is 2.75. The van der Waals surface area contributed by atoms with E-state index < -0.39 is 28.5 Å². The van der Waals surface area contributed by atoms with Gasteiger partial charge in [-0.1, -0.05) is 12.1 Å². The quantitative estimate of drug-likeness (QED) is 0.482. The van der Waals surface area contributed by atoms with Crippen LogP contribution in [0.1, 0.15) is 15.9 Å². The highest BCUT2D eigenvalue weighted by atomic mass is 32.2. The highest BCUT2D eigenvalue weighted by molar-refractivity contribution is 7.94. The van der Waals surface area contributed by atoms with E-state index in [4.69, 9.17) is 14.2 Å². The van der Waals surface area contributed by atoms with Crippen LogP contribution in [-0.4, -0.2) is 33.7 Å². The first-order valence-electron chi connectivity index (χ1n) is 9.39. The summed E-state index contributed by atoms with van der Waals surface area (Å²) in [5.74, 6) is 0.107. The Kier molecular flexibility index (Phi) is 6.28. The van der Waals surface area contributed by atoms with Gasteiger partial charge in [0.25, 0.3) is 15.9 Å². The van der Waals surface area contributed by atoms with E-state index in [1.807, 2.05) is 0 Å². The van der Waals surface area contributed by atoms with Crippen molar-refractivity contribution in [1.29, 1.82) is 0 Å². The number of hydrogen-bond donors (Lipinski definition) is 2. The average molecular weight is 475 g/mol. The fourth-order valence-electron chi connectivity index (χ4n) is 2.81. The molecule has 3 aromatic rings. The van der Waals surface area contributed by atoms with Gasteiger partial charge in [-0.3, -0.25) is 9.52 Å². The third kappa shape index (κ3) is 5.18. The molecule has 1 aliphatic rings. The minimum Gasteiger partial charge on any atom is -0.454 e. The number of thiophene rings is 1. The van der Waals surface area contributed by atoms with Crippen LogP contribution in [0.15, 0.2) is 64.2 Å². The van der Waals surface area contributed by atoms with Crippen LogP contribution in [0.3, 0.4) is 0 Å². The van der Waals surface area contributed by atoms with Crippen molar-refractivity contribution in [2.24, 2.45) is 0 Å². The number of anilines is 1. The van der Waals surface area contributed by atoms with E-state index in [1.54, 1.807) is 29.6 Å². The van der Waals surface area contributed by atoms with Gasteiger partial charge in [0.15, 0.2) is 18.1 Å². The first-order chi connectivity index (χ1) is 15.4. The topological polar surface area (TPSA) is 120 Å². The Hall–Kier alpha value is -3.57. The van der Waals surface area contributed by atoms with Crippen molar-refractivity contribution in [2.45, 2.75) is 10.8 Å². The lowest BCUT2D eigenvalue weighted by molar-refractivity contribution is -0.124. The molecule has 0 atom stereocenters. The third-order valence-corrected chi connectivity index (χ3v) is 7.17. The van der Waals surface area contributed by atoms with Crippen LogP contribution >= 0.6 is 11.3 Å². The second-order valence-corrected chi connectivity index (χ2v) is 9.51. The van der Waals surface area contributed by atoms with Gasteiger partial charge in [-0.05, 0) is 53.4 Å². The van der Waals surface area contributed by atoms with E-state index in [9.17, 15) is 18.0 Å². The maximum absolute atomic E-state index is 12.2. The van der Waals surface area contributed by atoms with Gasteiger partial charge in [-0.2, -0.15) is 0 Å². The number of ether oxygens (including phenoxy) is 3. The molecule has 2 heterocycles. The zero-order valence-electron chi connectivity index (χ0n) is 16.6. The Morgan fingerprint density at radius 3 is 2.56 bits per heavy atom. The van der Waals surface area contributed by atoms with Crippen LogP contribution < -0.4 is 19.5 Å². The van der Waals surface area contributed by atoms with Gasteiger partial charge < -0.3 is 19.5 Å². The minimum absolute atomic E-state index is 0.169. The first-order valence-corrected chi connectivity index (χ1v) is 11.8. The fraction of sp³-hybridized carbons (Fsp3) is 0.143. The molecule has 32 heavy (non-hydrogen) atoms. The second-order valence-electron chi connectivity index (χ2n) is 6.66. The van der Waals surface area contributed by atoms with E-state index >= 15 is 0 Å². The van der Waals surface area contributed by atoms with Gasteiger partial charge in [-0.25, -0.2) is 13.2 Å². The lowest BCUT2D eigenvalue weighted by Gasteiger charge is -2.09. The molecule has 0 saturated heterocycles. The summed E-state index contributed by atoms with van der Waals surface area (Å²) in [5, 5.41) is 4.32. The molecule has 0 aliphatic carbocycles. The van der Waals surface area contributed by atoms with Crippen LogP contribution in [0, 0.1) is 0 Å². The molecule has 4 rings (SSSR count). The van der Waals surface area contributed by atoms with Crippen LogP contribution in [-0.2, 0) is 26.1 Å². The molecule has 2 N–H and O–H groups in total. The number of benzene rings is 2. The standard InChI is InChI=1S/C21H18N2O7S2/c24-19(22-11-14-3-8-17-18(10-14)30-13-29-17)12-28-21(25)15-4-6-16(7-5-15)23-32(26,27)20-2-1-9-31-20/h1-10,23H,11-13H2,(H,22,24). The minimum atomic E-state index is -3.67. The summed E-state index contributed by atoms with van der Waals surface area (Å²) in [7, 11) is -3.67. The number of esters is 1. The number of amides is 1. The summed E-state index contributed by atoms with van der Waals surface area (Å²) >= 11 is 1.10. The van der Waals surface area contributed by atoms with Crippen LogP contribution in [0.5, 0.6) is 11.5 Å². The second kappa shape index (κ2) is 9.28. The third-order valence-electron chi connectivity index (χ3n) is 4.39. The molecule has 1 aromatic heterocycles. The first kappa shape index (κ1) is 21.7. The Labute approximate surface area is 188 Å². The van der Waals surface area contributed by atoms with Gasteiger partial charge in [0.05, 0.1) is 5.56 Å². The zero-order valence-corrected chi connectivity index (χ0v) is 18.2. The number of nitrogens with one attached hydrogen (secondary N) is 2. The van der Waals surface area contributed by atoms with Crippen molar-refractivity contribution >= 4 is 38.9 Å². The highest BCUT2D eigenvalue weighted by Crippen LogP contribution is 2.32. The molecule has 0 radical (unpaired) electrons.